The van der Waals surface area contributed by atoms with Gasteiger partial charge in [0, 0.05) is 19.2 Å². The zero-order valence-corrected chi connectivity index (χ0v) is 9.88. The summed E-state index contributed by atoms with van der Waals surface area (Å²) in [6.07, 6.45) is 2.99. The van der Waals surface area contributed by atoms with Gasteiger partial charge in [0.05, 0.1) is 11.4 Å². The Morgan fingerprint density at radius 2 is 1.83 bits per heavy atom. The van der Waals surface area contributed by atoms with E-state index in [9.17, 15) is 13.6 Å². The largest absolute Gasteiger partial charge is 0.396 e. The topological polar surface area (TPSA) is 58.4 Å². The van der Waals surface area contributed by atoms with E-state index in [2.05, 4.69) is 5.32 Å². The van der Waals surface area contributed by atoms with Crippen LogP contribution in [0.25, 0.3) is 0 Å². The molecule has 1 fully saturated rings. The molecule has 1 saturated heterocycles. The van der Waals surface area contributed by atoms with Gasteiger partial charge in [-0.25, -0.2) is 13.6 Å². The van der Waals surface area contributed by atoms with Crippen LogP contribution in [0.1, 0.15) is 19.3 Å². The molecular formula is C12H15F2N3O. The number of carbonyl (C=O) groups is 1. The molecule has 1 aromatic carbocycles. The van der Waals surface area contributed by atoms with Gasteiger partial charge >= 0.3 is 6.03 Å². The van der Waals surface area contributed by atoms with Crippen molar-refractivity contribution in [1.82, 2.24) is 4.90 Å². The molecule has 1 heterocycles. The molecule has 2 amide bonds. The van der Waals surface area contributed by atoms with E-state index in [-0.39, 0.29) is 17.4 Å². The molecule has 0 radical (unpaired) electrons. The fourth-order valence-electron chi connectivity index (χ4n) is 1.95. The lowest BCUT2D eigenvalue weighted by atomic mass is 10.1. The summed E-state index contributed by atoms with van der Waals surface area (Å²) in [5.74, 6) is -1.66. The highest BCUT2D eigenvalue weighted by Crippen LogP contribution is 2.21. The highest BCUT2D eigenvalue weighted by molar-refractivity contribution is 5.90. The minimum Gasteiger partial charge on any atom is -0.396 e. The van der Waals surface area contributed by atoms with Crippen molar-refractivity contribution in [2.45, 2.75) is 19.3 Å². The molecule has 0 aromatic heterocycles. The normalized spacial score (nSPS) is 15.6. The summed E-state index contributed by atoms with van der Waals surface area (Å²) in [6, 6.07) is 1.38. The van der Waals surface area contributed by atoms with Crippen molar-refractivity contribution >= 4 is 17.4 Å². The van der Waals surface area contributed by atoms with E-state index >= 15 is 0 Å². The number of benzene rings is 1. The second kappa shape index (κ2) is 5.20. The van der Waals surface area contributed by atoms with Gasteiger partial charge in [-0.3, -0.25) is 0 Å². The van der Waals surface area contributed by atoms with E-state index < -0.39 is 11.6 Å². The zero-order valence-electron chi connectivity index (χ0n) is 9.88. The van der Waals surface area contributed by atoms with Gasteiger partial charge < -0.3 is 16.0 Å². The molecule has 0 aliphatic carbocycles. The van der Waals surface area contributed by atoms with Crippen LogP contribution < -0.4 is 11.1 Å². The molecule has 0 saturated carbocycles. The first kappa shape index (κ1) is 12.6. The predicted octanol–water partition coefficient (Wildman–Crippen LogP) is 2.56. The molecule has 2 rings (SSSR count). The molecule has 1 aliphatic heterocycles. The molecule has 18 heavy (non-hydrogen) atoms. The number of urea groups is 1. The van der Waals surface area contributed by atoms with Crippen LogP contribution in [-0.4, -0.2) is 24.0 Å². The summed E-state index contributed by atoms with van der Waals surface area (Å²) >= 11 is 0. The highest BCUT2D eigenvalue weighted by atomic mass is 19.1. The SMILES string of the molecule is Nc1cc(NC(=O)N2CCCCC2)c(F)cc1F. The zero-order chi connectivity index (χ0) is 13.1. The lowest BCUT2D eigenvalue weighted by Crippen LogP contribution is -2.38. The van der Waals surface area contributed by atoms with Gasteiger partial charge in [-0.2, -0.15) is 0 Å². The summed E-state index contributed by atoms with van der Waals surface area (Å²) in [7, 11) is 0. The number of nitrogens with one attached hydrogen (secondary N) is 1. The van der Waals surface area contributed by atoms with Crippen molar-refractivity contribution in [3.8, 4) is 0 Å². The third kappa shape index (κ3) is 2.69. The lowest BCUT2D eigenvalue weighted by Gasteiger charge is -2.26. The van der Waals surface area contributed by atoms with Crippen molar-refractivity contribution in [2.75, 3.05) is 24.1 Å². The number of likely N-dealkylation sites (tertiary alicyclic amines) is 1. The molecule has 0 spiro atoms. The Bertz CT molecular complexity index is 459. The van der Waals surface area contributed by atoms with Gasteiger partial charge in [0.2, 0.25) is 0 Å². The average molecular weight is 255 g/mol. The molecule has 6 heteroatoms. The Morgan fingerprint density at radius 3 is 2.50 bits per heavy atom. The minimum absolute atomic E-state index is 0.0931. The molecule has 1 aliphatic rings. The van der Waals surface area contributed by atoms with E-state index in [4.69, 9.17) is 5.73 Å². The van der Waals surface area contributed by atoms with Crippen molar-refractivity contribution < 1.29 is 13.6 Å². The van der Waals surface area contributed by atoms with Gasteiger partial charge in [-0.15, -0.1) is 0 Å². The number of rotatable bonds is 1. The average Bonchev–Trinajstić information content (AvgIpc) is 2.37. The number of nitrogen functional groups attached to an aromatic ring is 1. The Morgan fingerprint density at radius 1 is 1.17 bits per heavy atom. The molecule has 0 bridgehead atoms. The summed E-state index contributed by atoms with van der Waals surface area (Å²) in [6.45, 7) is 1.31. The second-order valence-corrected chi connectivity index (χ2v) is 4.33. The van der Waals surface area contributed by atoms with Crippen LogP contribution >= 0.6 is 0 Å². The molecule has 1 aromatic rings. The van der Waals surface area contributed by atoms with E-state index in [1.54, 1.807) is 4.90 Å². The monoisotopic (exact) mass is 255 g/mol. The van der Waals surface area contributed by atoms with Crippen LogP contribution in [0.2, 0.25) is 0 Å². The number of amides is 2. The molecule has 3 N–H and O–H groups in total. The summed E-state index contributed by atoms with van der Waals surface area (Å²) < 4.78 is 26.4. The first-order valence-electron chi connectivity index (χ1n) is 5.88. The number of carbonyl (C=O) groups excluding carboxylic acids is 1. The van der Waals surface area contributed by atoms with Crippen molar-refractivity contribution in [3.63, 3.8) is 0 Å². The van der Waals surface area contributed by atoms with Crippen LogP contribution in [0.3, 0.4) is 0 Å². The first-order chi connectivity index (χ1) is 8.58. The van der Waals surface area contributed by atoms with Crippen LogP contribution in [0.4, 0.5) is 25.0 Å². The van der Waals surface area contributed by atoms with Crippen LogP contribution in [0.5, 0.6) is 0 Å². The van der Waals surface area contributed by atoms with Crippen molar-refractivity contribution in [2.24, 2.45) is 0 Å². The smallest absolute Gasteiger partial charge is 0.321 e. The van der Waals surface area contributed by atoms with Crippen LogP contribution in [0, 0.1) is 11.6 Å². The summed E-state index contributed by atoms with van der Waals surface area (Å²) in [5, 5.41) is 2.41. The molecule has 0 atom stereocenters. The molecule has 98 valence electrons. The number of nitrogens with two attached hydrogens (primary N) is 1. The predicted molar refractivity (Wildman–Crippen MR) is 65.2 cm³/mol. The quantitative estimate of drug-likeness (QED) is 0.758. The van der Waals surface area contributed by atoms with E-state index in [0.29, 0.717) is 19.2 Å². The maximum Gasteiger partial charge on any atom is 0.321 e. The van der Waals surface area contributed by atoms with E-state index in [1.165, 1.54) is 0 Å². The van der Waals surface area contributed by atoms with Crippen LogP contribution in [0.15, 0.2) is 12.1 Å². The standard InChI is InChI=1S/C12H15F2N3O/c13-8-6-9(14)11(7-10(8)15)16-12(18)17-4-2-1-3-5-17/h6-7H,1-5,15H2,(H,16,18). The van der Waals surface area contributed by atoms with Gasteiger partial charge in [-0.1, -0.05) is 0 Å². The van der Waals surface area contributed by atoms with Gasteiger partial charge in [0.15, 0.2) is 0 Å². The van der Waals surface area contributed by atoms with Gasteiger partial charge in [-0.05, 0) is 25.3 Å². The Labute approximate surface area is 104 Å². The molecular weight excluding hydrogens is 240 g/mol. The Balaban J connectivity index is 2.08. The maximum atomic E-state index is 13.4. The van der Waals surface area contributed by atoms with Crippen molar-refractivity contribution in [1.29, 1.82) is 0 Å². The fraction of sp³-hybridized carbons (Fsp3) is 0.417. The number of piperidine rings is 1. The number of halogens is 2. The van der Waals surface area contributed by atoms with Gasteiger partial charge in [0.25, 0.3) is 0 Å². The summed E-state index contributed by atoms with van der Waals surface area (Å²) in [5.41, 5.74) is 5.05. The fourth-order valence-corrected chi connectivity index (χ4v) is 1.95. The third-order valence-corrected chi connectivity index (χ3v) is 2.97. The minimum atomic E-state index is -0.830. The Kier molecular flexibility index (Phi) is 3.64. The molecule has 0 unspecified atom stereocenters. The van der Waals surface area contributed by atoms with Crippen molar-refractivity contribution in [3.05, 3.63) is 23.8 Å². The number of nitrogens with zero attached hydrogens (tertiary/aromatic N) is 1. The Hall–Kier alpha value is -1.85. The van der Waals surface area contributed by atoms with Crippen LogP contribution in [-0.2, 0) is 0 Å². The first-order valence-corrected chi connectivity index (χ1v) is 5.88. The number of anilines is 2. The third-order valence-electron chi connectivity index (χ3n) is 2.97. The second-order valence-electron chi connectivity index (χ2n) is 4.33. The van der Waals surface area contributed by atoms with E-state index in [1.807, 2.05) is 0 Å². The molecule has 4 nitrogen and oxygen atoms in total. The number of hydrogen-bond donors (Lipinski definition) is 2. The lowest BCUT2D eigenvalue weighted by molar-refractivity contribution is 0.200. The van der Waals surface area contributed by atoms with Gasteiger partial charge in [0.1, 0.15) is 11.6 Å². The number of hydrogen-bond acceptors (Lipinski definition) is 2. The maximum absolute atomic E-state index is 13.4. The summed E-state index contributed by atoms with van der Waals surface area (Å²) in [4.78, 5) is 13.4. The van der Waals surface area contributed by atoms with E-state index in [0.717, 1.165) is 25.3 Å². The highest BCUT2D eigenvalue weighted by Gasteiger charge is 2.18.